The number of nitrogens with zero attached hydrogens (tertiary/aromatic N) is 1. The second-order valence-electron chi connectivity index (χ2n) is 6.42. The Labute approximate surface area is 121 Å². The van der Waals surface area contributed by atoms with Gasteiger partial charge in [-0.25, -0.2) is 0 Å². The first-order valence-electron chi connectivity index (χ1n) is 7.52. The van der Waals surface area contributed by atoms with Crippen LogP contribution in [-0.2, 0) is 9.59 Å². The fourth-order valence-electron chi connectivity index (χ4n) is 3.59. The lowest BCUT2D eigenvalue weighted by Crippen LogP contribution is -2.70. The number of amides is 2. The fraction of sp³-hybridized carbons (Fsp3) is 0.857. The zero-order chi connectivity index (χ0) is 15.3. The van der Waals surface area contributed by atoms with E-state index in [9.17, 15) is 22.8 Å². The van der Waals surface area contributed by atoms with Crippen LogP contribution in [0.1, 0.15) is 44.9 Å². The number of carbonyl (C=O) groups excluding carboxylic acids is 2. The highest BCUT2D eigenvalue weighted by atomic mass is 19.4. The third-order valence-electron chi connectivity index (χ3n) is 4.80. The summed E-state index contributed by atoms with van der Waals surface area (Å²) in [6.45, 7) is -0.404. The molecule has 118 valence electrons. The number of hydrogen-bond donors (Lipinski definition) is 1. The van der Waals surface area contributed by atoms with Gasteiger partial charge in [-0.05, 0) is 31.6 Å². The molecule has 2 aliphatic carbocycles. The van der Waals surface area contributed by atoms with Gasteiger partial charge in [-0.2, -0.15) is 13.2 Å². The number of carbonyl (C=O) groups is 2. The van der Waals surface area contributed by atoms with E-state index in [1.807, 2.05) is 0 Å². The molecule has 2 amide bonds. The van der Waals surface area contributed by atoms with Crippen LogP contribution >= 0.6 is 0 Å². The molecule has 1 unspecified atom stereocenters. The zero-order valence-electron chi connectivity index (χ0n) is 11.7. The molecule has 3 rings (SSSR count). The van der Waals surface area contributed by atoms with Gasteiger partial charge in [0, 0.05) is 6.54 Å². The summed E-state index contributed by atoms with van der Waals surface area (Å²) in [5, 5.41) is 2.83. The Balaban J connectivity index is 1.82. The van der Waals surface area contributed by atoms with Gasteiger partial charge in [0.15, 0.2) is 0 Å². The van der Waals surface area contributed by atoms with Crippen molar-refractivity contribution in [2.24, 2.45) is 5.92 Å². The topological polar surface area (TPSA) is 49.4 Å². The molecule has 0 radical (unpaired) electrons. The molecular weight excluding hydrogens is 285 g/mol. The Morgan fingerprint density at radius 3 is 2.33 bits per heavy atom. The minimum absolute atomic E-state index is 0.0286. The van der Waals surface area contributed by atoms with Gasteiger partial charge in [0.05, 0.1) is 6.42 Å². The van der Waals surface area contributed by atoms with E-state index in [-0.39, 0.29) is 17.7 Å². The second-order valence-corrected chi connectivity index (χ2v) is 6.42. The average molecular weight is 304 g/mol. The second kappa shape index (κ2) is 4.88. The molecule has 0 aromatic rings. The molecular formula is C14H19F3N2O2. The van der Waals surface area contributed by atoms with Crippen LogP contribution in [0.2, 0.25) is 0 Å². The predicted molar refractivity (Wildman–Crippen MR) is 68.2 cm³/mol. The van der Waals surface area contributed by atoms with Crippen LogP contribution in [0.15, 0.2) is 0 Å². The molecule has 1 aliphatic heterocycles. The number of piperazine rings is 1. The number of halogens is 3. The number of hydrogen-bond acceptors (Lipinski definition) is 2. The van der Waals surface area contributed by atoms with Crippen molar-refractivity contribution in [2.45, 2.75) is 62.7 Å². The molecule has 1 spiro atoms. The molecule has 0 bridgehead atoms. The van der Waals surface area contributed by atoms with E-state index in [1.165, 1.54) is 4.90 Å². The van der Waals surface area contributed by atoms with Crippen LogP contribution in [0.25, 0.3) is 0 Å². The smallest absolute Gasteiger partial charge is 0.340 e. The lowest BCUT2D eigenvalue weighted by atomic mass is 9.89. The molecule has 1 saturated heterocycles. The number of rotatable bonds is 3. The summed E-state index contributed by atoms with van der Waals surface area (Å²) in [6.07, 6.45) is -1.02. The summed E-state index contributed by atoms with van der Waals surface area (Å²) in [7, 11) is 0. The van der Waals surface area contributed by atoms with Gasteiger partial charge in [-0.3, -0.25) is 9.59 Å². The molecule has 3 aliphatic rings. The first-order chi connectivity index (χ1) is 9.82. The Morgan fingerprint density at radius 2 is 1.81 bits per heavy atom. The van der Waals surface area contributed by atoms with Crippen molar-refractivity contribution in [1.29, 1.82) is 0 Å². The number of nitrogens with one attached hydrogen (secondary N) is 1. The maximum absolute atomic E-state index is 12.7. The summed E-state index contributed by atoms with van der Waals surface area (Å²) in [5.41, 5.74) is -0.936. The van der Waals surface area contributed by atoms with E-state index in [1.54, 1.807) is 0 Å². The SMILES string of the molecule is O=C1NC2(CCCC2)C(=O)N(CCC(F)(F)F)C1C1CC1. The largest absolute Gasteiger partial charge is 0.390 e. The molecule has 2 saturated carbocycles. The lowest BCUT2D eigenvalue weighted by Gasteiger charge is -2.44. The van der Waals surface area contributed by atoms with Crippen molar-refractivity contribution in [3.8, 4) is 0 Å². The van der Waals surface area contributed by atoms with Crippen LogP contribution in [0.4, 0.5) is 13.2 Å². The molecule has 1 atom stereocenters. The highest BCUT2D eigenvalue weighted by Gasteiger charge is 2.55. The predicted octanol–water partition coefficient (Wildman–Crippen LogP) is 1.99. The van der Waals surface area contributed by atoms with Gasteiger partial charge in [0.1, 0.15) is 11.6 Å². The Hall–Kier alpha value is -1.27. The summed E-state index contributed by atoms with van der Waals surface area (Å²) < 4.78 is 37.5. The Kier molecular flexibility index (Phi) is 3.41. The molecule has 4 nitrogen and oxygen atoms in total. The van der Waals surface area contributed by atoms with Gasteiger partial charge < -0.3 is 10.2 Å². The Bertz CT molecular complexity index is 454. The van der Waals surface area contributed by atoms with Gasteiger partial charge >= 0.3 is 6.18 Å². The third-order valence-corrected chi connectivity index (χ3v) is 4.80. The van der Waals surface area contributed by atoms with Crippen LogP contribution < -0.4 is 5.32 Å². The van der Waals surface area contributed by atoms with Gasteiger partial charge in [0.25, 0.3) is 0 Å². The number of alkyl halides is 3. The average Bonchev–Trinajstić information content (AvgIpc) is 3.11. The summed E-state index contributed by atoms with van der Waals surface area (Å²) >= 11 is 0. The maximum Gasteiger partial charge on any atom is 0.390 e. The van der Waals surface area contributed by atoms with Gasteiger partial charge in [0.2, 0.25) is 11.8 Å². The summed E-state index contributed by atoms with van der Waals surface area (Å²) in [5.74, 6) is -0.539. The fourth-order valence-corrected chi connectivity index (χ4v) is 3.59. The molecule has 1 N–H and O–H groups in total. The van der Waals surface area contributed by atoms with E-state index < -0.39 is 30.7 Å². The summed E-state index contributed by atoms with van der Waals surface area (Å²) in [4.78, 5) is 26.2. The normalized spacial score (nSPS) is 29.1. The molecule has 21 heavy (non-hydrogen) atoms. The monoisotopic (exact) mass is 304 g/mol. The van der Waals surface area contributed by atoms with Crippen molar-refractivity contribution in [2.75, 3.05) is 6.54 Å². The lowest BCUT2D eigenvalue weighted by molar-refractivity contribution is -0.163. The third kappa shape index (κ3) is 2.74. The zero-order valence-corrected chi connectivity index (χ0v) is 11.7. The highest BCUT2D eigenvalue weighted by Crippen LogP contribution is 2.42. The van der Waals surface area contributed by atoms with Crippen molar-refractivity contribution in [1.82, 2.24) is 10.2 Å². The van der Waals surface area contributed by atoms with Crippen LogP contribution in [0.5, 0.6) is 0 Å². The molecule has 7 heteroatoms. The molecule has 1 heterocycles. The highest BCUT2D eigenvalue weighted by molar-refractivity contribution is 6.00. The minimum Gasteiger partial charge on any atom is -0.340 e. The quantitative estimate of drug-likeness (QED) is 0.867. The standard InChI is InChI=1S/C14H19F3N2O2/c15-14(16,17)7-8-19-10(9-3-4-9)11(20)18-13(12(19)21)5-1-2-6-13/h9-10H,1-8H2,(H,18,20). The minimum atomic E-state index is -4.31. The Morgan fingerprint density at radius 1 is 1.19 bits per heavy atom. The van der Waals surface area contributed by atoms with Crippen molar-refractivity contribution >= 4 is 11.8 Å². The van der Waals surface area contributed by atoms with E-state index in [0.29, 0.717) is 12.8 Å². The van der Waals surface area contributed by atoms with Crippen LogP contribution in [-0.4, -0.2) is 41.0 Å². The first-order valence-corrected chi connectivity index (χ1v) is 7.52. The molecule has 0 aromatic carbocycles. The first kappa shape index (κ1) is 14.7. The van der Waals surface area contributed by atoms with E-state index in [4.69, 9.17) is 0 Å². The van der Waals surface area contributed by atoms with E-state index in [2.05, 4.69) is 5.32 Å². The van der Waals surface area contributed by atoms with E-state index >= 15 is 0 Å². The van der Waals surface area contributed by atoms with Crippen molar-refractivity contribution in [3.05, 3.63) is 0 Å². The van der Waals surface area contributed by atoms with Gasteiger partial charge in [-0.1, -0.05) is 12.8 Å². The van der Waals surface area contributed by atoms with E-state index in [0.717, 1.165) is 25.7 Å². The van der Waals surface area contributed by atoms with Crippen LogP contribution in [0, 0.1) is 5.92 Å². The molecule has 0 aromatic heterocycles. The maximum atomic E-state index is 12.7. The van der Waals surface area contributed by atoms with Crippen molar-refractivity contribution < 1.29 is 22.8 Å². The van der Waals surface area contributed by atoms with Crippen LogP contribution in [0.3, 0.4) is 0 Å². The summed E-state index contributed by atoms with van der Waals surface area (Å²) in [6, 6.07) is -0.703. The van der Waals surface area contributed by atoms with Crippen molar-refractivity contribution in [3.63, 3.8) is 0 Å². The van der Waals surface area contributed by atoms with Gasteiger partial charge in [-0.15, -0.1) is 0 Å². The molecule has 3 fully saturated rings.